The highest BCUT2D eigenvalue weighted by Crippen LogP contribution is 2.25. The second-order valence-electron chi connectivity index (χ2n) is 4.39. The molecule has 0 bridgehead atoms. The molecule has 0 saturated carbocycles. The Labute approximate surface area is 107 Å². The van der Waals surface area contributed by atoms with Crippen LogP contribution in [0.25, 0.3) is 0 Å². The smallest absolute Gasteiger partial charge is 0.242 e. The van der Waals surface area contributed by atoms with E-state index in [0.717, 1.165) is 31.6 Å². The van der Waals surface area contributed by atoms with Crippen molar-refractivity contribution in [1.29, 1.82) is 0 Å². The van der Waals surface area contributed by atoms with Crippen LogP contribution in [0.5, 0.6) is 0 Å². The third-order valence-corrected chi connectivity index (χ3v) is 3.19. The van der Waals surface area contributed by atoms with Crippen molar-refractivity contribution in [1.82, 2.24) is 15.3 Å². The van der Waals surface area contributed by atoms with E-state index in [0.29, 0.717) is 11.6 Å². The van der Waals surface area contributed by atoms with Gasteiger partial charge in [-0.15, -0.1) is 0 Å². The number of carbonyl (C=O) groups excluding carboxylic acids is 1. The quantitative estimate of drug-likeness (QED) is 0.806. The van der Waals surface area contributed by atoms with Crippen LogP contribution in [0.4, 0.5) is 11.6 Å². The van der Waals surface area contributed by atoms with Gasteiger partial charge in [0.1, 0.15) is 23.5 Å². The lowest BCUT2D eigenvalue weighted by Gasteiger charge is -2.24. The molecular weight excluding hydrogens is 230 g/mol. The Kier molecular flexibility index (Phi) is 3.64. The van der Waals surface area contributed by atoms with E-state index >= 15 is 0 Å². The van der Waals surface area contributed by atoms with Gasteiger partial charge in [0.05, 0.1) is 0 Å². The summed E-state index contributed by atoms with van der Waals surface area (Å²) in [6.45, 7) is 2.82. The van der Waals surface area contributed by atoms with Crippen LogP contribution in [-0.2, 0) is 11.2 Å². The number of nitrogens with two attached hydrogens (primary N) is 1. The van der Waals surface area contributed by atoms with E-state index in [9.17, 15) is 4.79 Å². The summed E-state index contributed by atoms with van der Waals surface area (Å²) in [4.78, 5) is 22.4. The van der Waals surface area contributed by atoms with Crippen molar-refractivity contribution in [2.24, 2.45) is 0 Å². The van der Waals surface area contributed by atoms with Crippen molar-refractivity contribution in [2.45, 2.75) is 32.2 Å². The van der Waals surface area contributed by atoms with Crippen molar-refractivity contribution in [2.75, 3.05) is 24.2 Å². The van der Waals surface area contributed by atoms with Gasteiger partial charge in [0.15, 0.2) is 0 Å². The SMILES string of the molecule is CCc1nc(N)cc(N2CCCC2C(=O)NC)n1. The lowest BCUT2D eigenvalue weighted by Crippen LogP contribution is -2.42. The van der Waals surface area contributed by atoms with Crippen LogP contribution in [0.15, 0.2) is 6.07 Å². The third-order valence-electron chi connectivity index (χ3n) is 3.19. The number of amides is 1. The van der Waals surface area contributed by atoms with E-state index in [1.807, 2.05) is 11.8 Å². The van der Waals surface area contributed by atoms with Crippen LogP contribution in [0.2, 0.25) is 0 Å². The summed E-state index contributed by atoms with van der Waals surface area (Å²) >= 11 is 0. The fourth-order valence-corrected chi connectivity index (χ4v) is 2.29. The molecule has 0 aromatic carbocycles. The second kappa shape index (κ2) is 5.20. The number of carbonyl (C=O) groups is 1. The third kappa shape index (κ3) is 2.37. The molecule has 1 saturated heterocycles. The fraction of sp³-hybridized carbons (Fsp3) is 0.583. The van der Waals surface area contributed by atoms with E-state index < -0.39 is 0 Å². The van der Waals surface area contributed by atoms with Crippen LogP contribution < -0.4 is 16.0 Å². The molecule has 0 radical (unpaired) electrons. The van der Waals surface area contributed by atoms with Gasteiger partial charge in [-0.05, 0) is 12.8 Å². The minimum Gasteiger partial charge on any atom is -0.384 e. The molecule has 1 unspecified atom stereocenters. The first kappa shape index (κ1) is 12.6. The minimum absolute atomic E-state index is 0.0303. The number of likely N-dealkylation sites (N-methyl/N-ethyl adjacent to an activating group) is 1. The number of hydrogen-bond acceptors (Lipinski definition) is 5. The summed E-state index contributed by atoms with van der Waals surface area (Å²) in [7, 11) is 1.66. The number of aromatic nitrogens is 2. The zero-order valence-electron chi connectivity index (χ0n) is 10.8. The highest BCUT2D eigenvalue weighted by molar-refractivity contribution is 5.85. The van der Waals surface area contributed by atoms with Crippen LogP contribution >= 0.6 is 0 Å². The first-order valence-electron chi connectivity index (χ1n) is 6.27. The topological polar surface area (TPSA) is 84.1 Å². The zero-order chi connectivity index (χ0) is 13.1. The number of aryl methyl sites for hydroxylation is 1. The summed E-state index contributed by atoms with van der Waals surface area (Å²) in [6.07, 6.45) is 2.57. The molecule has 1 amide bonds. The normalized spacial score (nSPS) is 19.0. The number of nitrogen functional groups attached to an aromatic ring is 1. The molecule has 1 atom stereocenters. The molecule has 1 fully saturated rings. The molecule has 18 heavy (non-hydrogen) atoms. The Bertz CT molecular complexity index is 448. The van der Waals surface area contributed by atoms with Gasteiger partial charge in [0, 0.05) is 26.1 Å². The molecule has 2 heterocycles. The monoisotopic (exact) mass is 249 g/mol. The van der Waals surface area contributed by atoms with Crippen LogP contribution in [0, 0.1) is 0 Å². The lowest BCUT2D eigenvalue weighted by molar-refractivity contribution is -0.121. The largest absolute Gasteiger partial charge is 0.384 e. The molecule has 3 N–H and O–H groups in total. The van der Waals surface area contributed by atoms with Gasteiger partial charge in [0.2, 0.25) is 5.91 Å². The number of hydrogen-bond donors (Lipinski definition) is 2. The summed E-state index contributed by atoms with van der Waals surface area (Å²) in [5, 5.41) is 2.69. The van der Waals surface area contributed by atoms with Gasteiger partial charge in [-0.3, -0.25) is 4.79 Å². The molecule has 0 aliphatic carbocycles. The van der Waals surface area contributed by atoms with Crippen LogP contribution in [0.1, 0.15) is 25.6 Å². The summed E-state index contributed by atoms with van der Waals surface area (Å²) < 4.78 is 0. The average Bonchev–Trinajstić information content (AvgIpc) is 2.86. The molecule has 1 aliphatic heterocycles. The Hall–Kier alpha value is -1.85. The van der Waals surface area contributed by atoms with E-state index in [2.05, 4.69) is 15.3 Å². The van der Waals surface area contributed by atoms with Gasteiger partial charge < -0.3 is 16.0 Å². The molecule has 1 aromatic heterocycles. The van der Waals surface area contributed by atoms with E-state index in [4.69, 9.17) is 5.73 Å². The maximum Gasteiger partial charge on any atom is 0.242 e. The molecule has 98 valence electrons. The van der Waals surface area contributed by atoms with Crippen molar-refractivity contribution in [3.63, 3.8) is 0 Å². The molecule has 1 aliphatic rings. The fourth-order valence-electron chi connectivity index (χ4n) is 2.29. The summed E-state index contributed by atoms with van der Waals surface area (Å²) in [6, 6.07) is 1.59. The molecular formula is C12H19N5O. The van der Waals surface area contributed by atoms with Crippen molar-refractivity contribution in [3.05, 3.63) is 11.9 Å². The second-order valence-corrected chi connectivity index (χ2v) is 4.39. The highest BCUT2D eigenvalue weighted by Gasteiger charge is 2.31. The number of nitrogens with zero attached hydrogens (tertiary/aromatic N) is 3. The molecule has 6 nitrogen and oxygen atoms in total. The molecule has 6 heteroatoms. The Morgan fingerprint density at radius 3 is 3.06 bits per heavy atom. The number of rotatable bonds is 3. The van der Waals surface area contributed by atoms with Crippen molar-refractivity contribution >= 4 is 17.5 Å². The Morgan fingerprint density at radius 1 is 1.61 bits per heavy atom. The van der Waals surface area contributed by atoms with Gasteiger partial charge in [-0.1, -0.05) is 6.92 Å². The van der Waals surface area contributed by atoms with E-state index in [1.165, 1.54) is 0 Å². The van der Waals surface area contributed by atoms with E-state index in [1.54, 1.807) is 13.1 Å². The standard InChI is InChI=1S/C12H19N5O/c1-3-10-15-9(13)7-11(16-10)17-6-4-5-8(17)12(18)14-2/h7-8H,3-6H2,1-2H3,(H,14,18)(H2,13,15,16). The van der Waals surface area contributed by atoms with E-state index in [-0.39, 0.29) is 11.9 Å². The predicted molar refractivity (Wildman–Crippen MR) is 70.3 cm³/mol. The highest BCUT2D eigenvalue weighted by atomic mass is 16.2. The van der Waals surface area contributed by atoms with Gasteiger partial charge in [-0.2, -0.15) is 0 Å². The molecule has 2 rings (SSSR count). The maximum atomic E-state index is 11.8. The predicted octanol–water partition coefficient (Wildman–Crippen LogP) is 0.336. The minimum atomic E-state index is -0.144. The Morgan fingerprint density at radius 2 is 2.39 bits per heavy atom. The lowest BCUT2D eigenvalue weighted by atomic mass is 10.2. The first-order chi connectivity index (χ1) is 8.65. The molecule has 0 spiro atoms. The maximum absolute atomic E-state index is 11.8. The number of nitrogens with one attached hydrogen (secondary N) is 1. The van der Waals surface area contributed by atoms with Crippen molar-refractivity contribution in [3.8, 4) is 0 Å². The van der Waals surface area contributed by atoms with Crippen molar-refractivity contribution < 1.29 is 4.79 Å². The Balaban J connectivity index is 2.29. The van der Waals surface area contributed by atoms with Gasteiger partial charge >= 0.3 is 0 Å². The first-order valence-corrected chi connectivity index (χ1v) is 6.27. The zero-order valence-corrected chi connectivity index (χ0v) is 10.8. The van der Waals surface area contributed by atoms with Crippen LogP contribution in [0.3, 0.4) is 0 Å². The summed E-state index contributed by atoms with van der Waals surface area (Å²) in [5.41, 5.74) is 5.78. The summed E-state index contributed by atoms with van der Waals surface area (Å²) in [5.74, 6) is 1.96. The van der Waals surface area contributed by atoms with Gasteiger partial charge in [-0.25, -0.2) is 9.97 Å². The molecule has 1 aromatic rings. The van der Waals surface area contributed by atoms with Crippen LogP contribution in [-0.4, -0.2) is 35.5 Å². The average molecular weight is 249 g/mol. The number of anilines is 2. The van der Waals surface area contributed by atoms with Gasteiger partial charge in [0.25, 0.3) is 0 Å².